The number of rotatable bonds is 8. The van der Waals surface area contributed by atoms with Crippen LogP contribution in [-0.2, 0) is 11.2 Å². The number of hydrogen-bond acceptors (Lipinski definition) is 3. The maximum atomic E-state index is 13.2. The Morgan fingerprint density at radius 3 is 2.45 bits per heavy atom. The summed E-state index contributed by atoms with van der Waals surface area (Å²) in [4.78, 5) is 24.4. The Morgan fingerprint density at radius 1 is 0.970 bits per heavy atom. The van der Waals surface area contributed by atoms with Crippen molar-refractivity contribution in [1.29, 1.82) is 0 Å². The summed E-state index contributed by atoms with van der Waals surface area (Å²) in [6, 6.07) is 24.5. The van der Waals surface area contributed by atoms with Gasteiger partial charge in [0.2, 0.25) is 0 Å². The summed E-state index contributed by atoms with van der Waals surface area (Å²) in [5.41, 5.74) is 3.86. The molecule has 0 spiro atoms. The first-order chi connectivity index (χ1) is 16.0. The second-order valence-electron chi connectivity index (χ2n) is 7.82. The highest BCUT2D eigenvalue weighted by atomic mass is 16.5. The number of nitrogens with zero attached hydrogens (tertiary/aromatic N) is 1. The van der Waals surface area contributed by atoms with Gasteiger partial charge in [-0.15, -0.1) is 0 Å². The number of carboxylic acid groups (broad SMARTS) is 1. The Kier molecular flexibility index (Phi) is 6.69. The summed E-state index contributed by atoms with van der Waals surface area (Å²) in [5, 5.41) is 9.96. The zero-order valence-corrected chi connectivity index (χ0v) is 18.4. The summed E-state index contributed by atoms with van der Waals surface area (Å²) in [5.74, 6) is -0.352. The van der Waals surface area contributed by atoms with Crippen molar-refractivity contribution in [1.82, 2.24) is 4.57 Å². The second kappa shape index (κ2) is 10.0. The van der Waals surface area contributed by atoms with E-state index in [1.54, 1.807) is 41.0 Å². The number of ether oxygens (including phenoxy) is 1. The second-order valence-corrected chi connectivity index (χ2v) is 7.82. The number of aryl methyl sites for hydroxylation is 1. The van der Waals surface area contributed by atoms with E-state index in [4.69, 9.17) is 4.74 Å². The predicted molar refractivity (Wildman–Crippen MR) is 130 cm³/mol. The number of hydrogen-bond donors (Lipinski definition) is 1. The molecule has 4 rings (SSSR count). The van der Waals surface area contributed by atoms with Crippen LogP contribution in [-0.4, -0.2) is 28.2 Å². The Morgan fingerprint density at radius 2 is 1.73 bits per heavy atom. The van der Waals surface area contributed by atoms with Gasteiger partial charge in [0.25, 0.3) is 5.91 Å². The Labute approximate surface area is 192 Å². The standard InChI is InChI=1S/C28H25NO4/c1-20-18-25-23(19-27(30)31)11-7-12-26(25)29(20)28(32)22-13-15-24(16-14-22)33-17-6-5-10-21-8-3-2-4-9-21/h2-5,7-16,18H,6,17,19H2,1H3,(H,30,31)/b10-5+. The molecule has 0 atom stereocenters. The minimum atomic E-state index is -0.898. The third-order valence-electron chi connectivity index (χ3n) is 5.43. The average Bonchev–Trinajstić information content (AvgIpc) is 3.16. The third kappa shape index (κ3) is 5.21. The van der Waals surface area contributed by atoms with Crippen molar-refractivity contribution in [3.8, 4) is 5.75 Å². The molecule has 0 fully saturated rings. The highest BCUT2D eigenvalue weighted by Gasteiger charge is 2.17. The number of carbonyl (C=O) groups excluding carboxylic acids is 1. The molecule has 3 aromatic carbocycles. The van der Waals surface area contributed by atoms with Crippen LogP contribution >= 0.6 is 0 Å². The van der Waals surface area contributed by atoms with Crippen molar-refractivity contribution in [2.75, 3.05) is 6.61 Å². The lowest BCUT2D eigenvalue weighted by molar-refractivity contribution is -0.136. The molecule has 0 aliphatic rings. The summed E-state index contributed by atoms with van der Waals surface area (Å²) < 4.78 is 7.42. The zero-order valence-electron chi connectivity index (χ0n) is 18.4. The lowest BCUT2D eigenvalue weighted by Gasteiger charge is -2.09. The Balaban J connectivity index is 1.43. The lowest BCUT2D eigenvalue weighted by Crippen LogP contribution is -2.13. The van der Waals surface area contributed by atoms with E-state index in [1.165, 1.54) is 0 Å². The van der Waals surface area contributed by atoms with Crippen molar-refractivity contribution in [2.24, 2.45) is 0 Å². The van der Waals surface area contributed by atoms with Crippen LogP contribution in [0.4, 0.5) is 0 Å². The third-order valence-corrected chi connectivity index (χ3v) is 5.43. The van der Waals surface area contributed by atoms with Gasteiger partial charge in [0, 0.05) is 16.6 Å². The van der Waals surface area contributed by atoms with Crippen LogP contribution in [0.3, 0.4) is 0 Å². The van der Waals surface area contributed by atoms with E-state index in [2.05, 4.69) is 24.3 Å². The van der Waals surface area contributed by atoms with E-state index in [9.17, 15) is 14.7 Å². The van der Waals surface area contributed by atoms with Gasteiger partial charge in [-0.2, -0.15) is 0 Å². The van der Waals surface area contributed by atoms with Crippen LogP contribution in [0.2, 0.25) is 0 Å². The predicted octanol–water partition coefficient (Wildman–Crippen LogP) is 5.75. The number of benzene rings is 3. The highest BCUT2D eigenvalue weighted by molar-refractivity contribution is 6.04. The van der Waals surface area contributed by atoms with E-state index in [-0.39, 0.29) is 12.3 Å². The fourth-order valence-corrected chi connectivity index (χ4v) is 3.86. The first-order valence-electron chi connectivity index (χ1n) is 10.8. The lowest BCUT2D eigenvalue weighted by atomic mass is 10.1. The molecule has 33 heavy (non-hydrogen) atoms. The summed E-state index contributed by atoms with van der Waals surface area (Å²) in [6.45, 7) is 2.40. The van der Waals surface area contributed by atoms with Gasteiger partial charge in [0.05, 0.1) is 18.5 Å². The van der Waals surface area contributed by atoms with Gasteiger partial charge in [0.1, 0.15) is 5.75 Å². The molecule has 0 aliphatic heterocycles. The fraction of sp³-hybridized carbons (Fsp3) is 0.143. The average molecular weight is 440 g/mol. The molecule has 1 N–H and O–H groups in total. The number of carbonyl (C=O) groups is 2. The first kappa shape index (κ1) is 22.1. The van der Waals surface area contributed by atoms with Crippen LogP contribution < -0.4 is 4.74 Å². The maximum absolute atomic E-state index is 13.2. The van der Waals surface area contributed by atoms with Gasteiger partial charge in [-0.25, -0.2) is 0 Å². The smallest absolute Gasteiger partial charge is 0.307 e. The molecule has 0 radical (unpaired) electrons. The first-order valence-corrected chi connectivity index (χ1v) is 10.8. The SMILES string of the molecule is Cc1cc2c(CC(=O)O)cccc2n1C(=O)c1ccc(OCC/C=C/c2ccccc2)cc1. The topological polar surface area (TPSA) is 68.5 Å². The van der Waals surface area contributed by atoms with Crippen LogP contribution in [0.25, 0.3) is 17.0 Å². The molecule has 1 aromatic heterocycles. The molecular weight excluding hydrogens is 414 g/mol. The molecule has 0 unspecified atom stereocenters. The Hall–Kier alpha value is -4.12. The molecule has 1 heterocycles. The van der Waals surface area contributed by atoms with Gasteiger partial charge in [-0.3, -0.25) is 14.2 Å². The van der Waals surface area contributed by atoms with Crippen LogP contribution in [0.1, 0.15) is 33.6 Å². The van der Waals surface area contributed by atoms with Crippen molar-refractivity contribution in [3.63, 3.8) is 0 Å². The van der Waals surface area contributed by atoms with Gasteiger partial charge in [-0.05, 0) is 60.9 Å². The minimum Gasteiger partial charge on any atom is -0.493 e. The summed E-state index contributed by atoms with van der Waals surface area (Å²) in [6.07, 6.45) is 4.84. The summed E-state index contributed by atoms with van der Waals surface area (Å²) in [7, 11) is 0. The molecule has 0 aliphatic carbocycles. The van der Waals surface area contributed by atoms with E-state index in [0.29, 0.717) is 29.0 Å². The molecule has 5 heteroatoms. The quantitative estimate of drug-likeness (QED) is 0.355. The molecule has 0 amide bonds. The molecular formula is C28H25NO4. The number of aromatic nitrogens is 1. The van der Waals surface area contributed by atoms with Crippen molar-refractivity contribution < 1.29 is 19.4 Å². The molecule has 0 bridgehead atoms. The number of carboxylic acids is 1. The van der Waals surface area contributed by atoms with Crippen molar-refractivity contribution in [2.45, 2.75) is 19.8 Å². The van der Waals surface area contributed by atoms with Gasteiger partial charge >= 0.3 is 5.97 Å². The van der Waals surface area contributed by atoms with Crippen LogP contribution in [0.15, 0.2) is 84.9 Å². The molecule has 5 nitrogen and oxygen atoms in total. The van der Waals surface area contributed by atoms with Gasteiger partial charge in [-0.1, -0.05) is 54.6 Å². The molecule has 166 valence electrons. The zero-order chi connectivity index (χ0) is 23.2. The van der Waals surface area contributed by atoms with Crippen LogP contribution in [0.5, 0.6) is 5.75 Å². The van der Waals surface area contributed by atoms with Crippen molar-refractivity contribution in [3.05, 3.63) is 107 Å². The number of aliphatic carboxylic acids is 1. The summed E-state index contributed by atoms with van der Waals surface area (Å²) >= 11 is 0. The highest BCUT2D eigenvalue weighted by Crippen LogP contribution is 2.25. The van der Waals surface area contributed by atoms with Crippen molar-refractivity contribution >= 4 is 28.9 Å². The van der Waals surface area contributed by atoms with Crippen LogP contribution in [0, 0.1) is 6.92 Å². The number of fused-ring (bicyclic) bond motifs is 1. The largest absolute Gasteiger partial charge is 0.493 e. The monoisotopic (exact) mass is 439 g/mol. The normalized spacial score (nSPS) is 11.2. The van der Waals surface area contributed by atoms with E-state index < -0.39 is 5.97 Å². The Bertz CT molecular complexity index is 1300. The van der Waals surface area contributed by atoms with Gasteiger partial charge < -0.3 is 9.84 Å². The maximum Gasteiger partial charge on any atom is 0.307 e. The fourth-order valence-electron chi connectivity index (χ4n) is 3.86. The minimum absolute atomic E-state index is 0.0818. The van der Waals surface area contributed by atoms with E-state index >= 15 is 0 Å². The van der Waals surface area contributed by atoms with E-state index in [0.717, 1.165) is 23.1 Å². The molecule has 0 saturated heterocycles. The van der Waals surface area contributed by atoms with Gasteiger partial charge in [0.15, 0.2) is 0 Å². The molecule has 0 saturated carbocycles. The van der Waals surface area contributed by atoms with E-state index in [1.807, 2.05) is 37.3 Å². The molecule has 4 aromatic rings.